The van der Waals surface area contributed by atoms with E-state index in [0.29, 0.717) is 17.7 Å². The first kappa shape index (κ1) is 38.9. The number of benzene rings is 2. The van der Waals surface area contributed by atoms with E-state index in [1.165, 1.54) is 15.4 Å². The van der Waals surface area contributed by atoms with Gasteiger partial charge in [-0.1, -0.05) is 80.1 Å². The number of Topliss-reactive ketones (excluding diaryl/α,β-unsaturated/α-hetero) is 1. The molecule has 2 N–H and O–H groups in total. The minimum Gasteiger partial charge on any atom is -1.00 e. The number of amides is 3. The summed E-state index contributed by atoms with van der Waals surface area (Å²) in [4.78, 5) is 64.6. The Morgan fingerprint density at radius 3 is 2.14 bits per heavy atom. The fraction of sp³-hybridized carbons (Fsp3) is 0.350. The number of halogens is 1. The van der Waals surface area contributed by atoms with Gasteiger partial charge in [0.25, 0.3) is 17.7 Å². The molecule has 10 nitrogen and oxygen atoms in total. The number of allylic oxidation sites excluding steroid dienone is 2. The van der Waals surface area contributed by atoms with Crippen LogP contribution in [0, 0.1) is 11.8 Å². The molecular weight excluding hydrogens is 710 g/mol. The first-order chi connectivity index (χ1) is 23.8. The summed E-state index contributed by atoms with van der Waals surface area (Å²) in [6.07, 6.45) is 7.44. The third-order valence-electron chi connectivity index (χ3n) is 8.86. The second-order valence-corrected chi connectivity index (χ2v) is 14.1. The first-order valence-electron chi connectivity index (χ1n) is 16.9. The van der Waals surface area contributed by atoms with Crippen LogP contribution in [0.15, 0.2) is 108 Å². The zero-order chi connectivity index (χ0) is 36.2. The van der Waals surface area contributed by atoms with Crippen molar-refractivity contribution >= 4 is 35.1 Å². The van der Waals surface area contributed by atoms with E-state index < -0.39 is 41.1 Å². The van der Waals surface area contributed by atoms with Gasteiger partial charge in [-0.3, -0.25) is 24.1 Å². The third kappa shape index (κ3) is 8.89. The quantitative estimate of drug-likeness (QED) is 0.223. The predicted molar refractivity (Wildman–Crippen MR) is 191 cm³/mol. The molecule has 2 unspecified atom stereocenters. The van der Waals surface area contributed by atoms with E-state index in [2.05, 4.69) is 11.1 Å². The highest BCUT2D eigenvalue weighted by atomic mass is 79.9. The number of aliphatic imine (C=N–C) groups is 1. The summed E-state index contributed by atoms with van der Waals surface area (Å²) in [5, 5.41) is 0. The Labute approximate surface area is 310 Å². The highest BCUT2D eigenvalue weighted by Gasteiger charge is 2.49. The smallest absolute Gasteiger partial charge is 0.259 e. The van der Waals surface area contributed by atoms with Crippen molar-refractivity contribution in [1.29, 1.82) is 0 Å². The Kier molecular flexibility index (Phi) is 12.5. The Balaban J connectivity index is 0.00000583. The number of carbonyl (C=O) groups excluding carboxylic acids is 4. The van der Waals surface area contributed by atoms with Gasteiger partial charge >= 0.3 is 0 Å². The van der Waals surface area contributed by atoms with Crippen LogP contribution in [0.4, 0.5) is 0 Å². The van der Waals surface area contributed by atoms with Crippen LogP contribution in [-0.2, 0) is 32.1 Å². The molecule has 268 valence electrons. The summed E-state index contributed by atoms with van der Waals surface area (Å²) in [6.45, 7) is 12.3. The number of rotatable bonds is 12. The molecular formula is C40H46BrN5O5. The van der Waals surface area contributed by atoms with Crippen LogP contribution in [0.2, 0.25) is 0 Å². The van der Waals surface area contributed by atoms with Gasteiger partial charge in [0.15, 0.2) is 18.9 Å². The highest BCUT2D eigenvalue weighted by Crippen LogP contribution is 2.36. The summed E-state index contributed by atoms with van der Waals surface area (Å²) in [6, 6.07) is 19.3. The lowest BCUT2D eigenvalue weighted by Gasteiger charge is -2.45. The zero-order valence-electron chi connectivity index (χ0n) is 30.0. The highest BCUT2D eigenvalue weighted by molar-refractivity contribution is 6.38. The van der Waals surface area contributed by atoms with Gasteiger partial charge in [0.1, 0.15) is 18.7 Å². The maximum Gasteiger partial charge on any atom is 0.259 e. The Hall–Kier alpha value is -4.90. The Morgan fingerprint density at radius 2 is 1.61 bits per heavy atom. The lowest BCUT2D eigenvalue weighted by molar-refractivity contribution is -0.687. The number of primary amides is 1. The van der Waals surface area contributed by atoms with Crippen molar-refractivity contribution in [3.63, 3.8) is 0 Å². The van der Waals surface area contributed by atoms with E-state index in [1.54, 1.807) is 42.6 Å². The number of hydrogen-bond donors (Lipinski definition) is 1. The largest absolute Gasteiger partial charge is 1.00 e. The monoisotopic (exact) mass is 755 g/mol. The fourth-order valence-electron chi connectivity index (χ4n) is 6.30. The molecule has 3 atom stereocenters. The van der Waals surface area contributed by atoms with Crippen molar-refractivity contribution in [3.05, 3.63) is 120 Å². The van der Waals surface area contributed by atoms with E-state index in [-0.39, 0.29) is 53.4 Å². The number of hydrogen-bond acceptors (Lipinski definition) is 6. The molecule has 0 saturated carbocycles. The molecule has 0 fully saturated rings. The van der Waals surface area contributed by atoms with Crippen LogP contribution in [0.1, 0.15) is 63.0 Å². The van der Waals surface area contributed by atoms with E-state index in [0.717, 1.165) is 5.56 Å². The summed E-state index contributed by atoms with van der Waals surface area (Å²) in [7, 11) is 0. The van der Waals surface area contributed by atoms with Crippen molar-refractivity contribution in [1.82, 2.24) is 9.80 Å². The minimum atomic E-state index is -1.43. The Bertz CT molecular complexity index is 1830. The van der Waals surface area contributed by atoms with E-state index in [4.69, 9.17) is 10.5 Å². The maximum absolute atomic E-state index is 14.9. The number of ketones is 1. The van der Waals surface area contributed by atoms with Gasteiger partial charge < -0.3 is 32.4 Å². The van der Waals surface area contributed by atoms with Crippen LogP contribution in [-0.4, -0.2) is 63.4 Å². The lowest BCUT2D eigenvalue weighted by Crippen LogP contribution is -3.00. The fourth-order valence-corrected chi connectivity index (χ4v) is 6.30. The maximum atomic E-state index is 14.9. The Morgan fingerprint density at radius 1 is 1.00 bits per heavy atom. The molecule has 0 aliphatic carbocycles. The van der Waals surface area contributed by atoms with E-state index in [9.17, 15) is 19.2 Å². The van der Waals surface area contributed by atoms with Gasteiger partial charge in [-0.15, -0.1) is 0 Å². The average Bonchev–Trinajstić information content (AvgIpc) is 3.46. The van der Waals surface area contributed by atoms with Crippen molar-refractivity contribution in [2.24, 2.45) is 22.6 Å². The number of aromatic nitrogens is 1. The molecule has 0 saturated heterocycles. The van der Waals surface area contributed by atoms with Crippen molar-refractivity contribution in [2.75, 3.05) is 6.61 Å². The number of nitrogens with zero attached hydrogens (tertiary/aromatic N) is 4. The molecule has 0 bridgehead atoms. The molecule has 51 heavy (non-hydrogen) atoms. The molecule has 0 spiro atoms. The number of ether oxygens (including phenoxy) is 1. The van der Waals surface area contributed by atoms with Gasteiger partial charge in [-0.2, -0.15) is 0 Å². The average molecular weight is 757 g/mol. The van der Waals surface area contributed by atoms with E-state index in [1.807, 2.05) is 94.9 Å². The molecule has 11 heteroatoms. The molecule has 2 aromatic carbocycles. The predicted octanol–water partition coefficient (Wildman–Crippen LogP) is 1.74. The van der Waals surface area contributed by atoms with Crippen molar-refractivity contribution < 1.29 is 45.5 Å². The molecule has 3 aromatic rings. The number of nitrogens with two attached hydrogens (primary N) is 1. The van der Waals surface area contributed by atoms with E-state index >= 15 is 0 Å². The van der Waals surface area contributed by atoms with Gasteiger partial charge in [-0.05, 0) is 57.2 Å². The summed E-state index contributed by atoms with van der Waals surface area (Å²) in [5.41, 5.74) is 8.77. The van der Waals surface area contributed by atoms with Crippen LogP contribution < -0.4 is 27.3 Å². The van der Waals surface area contributed by atoms with Gasteiger partial charge in [0.2, 0.25) is 11.7 Å². The minimum absolute atomic E-state index is 0. The number of pyridine rings is 1. The summed E-state index contributed by atoms with van der Waals surface area (Å²) in [5.74, 6) is -3.88. The van der Waals surface area contributed by atoms with Gasteiger partial charge in [0, 0.05) is 18.3 Å². The SMILES string of the molecule is CC(C)=CC[n+]1ccc(C(=O)N2C=C(c3ccccc3)N([C@H](C(N)=O)C(Cc3ccccc3)C(=O)C3=NC(C)(C)CO3)C(=O)C2C(C)C)cc1.[Br-]. The second-order valence-electron chi connectivity index (χ2n) is 14.1. The molecule has 3 heterocycles. The van der Waals surface area contributed by atoms with Crippen LogP contribution in [0.5, 0.6) is 0 Å². The molecule has 3 amide bonds. The normalized spacial score (nSPS) is 17.8. The summed E-state index contributed by atoms with van der Waals surface area (Å²) < 4.78 is 7.73. The first-order valence-corrected chi connectivity index (χ1v) is 16.9. The van der Waals surface area contributed by atoms with Gasteiger partial charge in [-0.25, -0.2) is 9.56 Å². The molecule has 1 aromatic heterocycles. The molecule has 2 aliphatic heterocycles. The van der Waals surface area contributed by atoms with Gasteiger partial charge in [0.05, 0.1) is 22.7 Å². The standard InChI is InChI=1S/C40H45N5O5.BrH/c1-26(2)17-20-43-21-18-30(19-22-43)38(48)44-24-32(29-15-11-8-12-16-29)45(39(49)33(44)27(3)4)34(36(41)47)31(23-28-13-9-7-10-14-28)35(46)37-42-40(5,6)25-50-37;/h7-19,21-22,24,27,31,33-34H,20,23,25H2,1-6H3,(H-,41,47);1H/t31?,33?,34-;/m0./s1. The zero-order valence-corrected chi connectivity index (χ0v) is 31.5. The lowest BCUT2D eigenvalue weighted by atomic mass is 9.84. The molecule has 2 aliphatic rings. The van der Waals surface area contributed by atoms with Crippen LogP contribution >= 0.6 is 0 Å². The molecule has 0 radical (unpaired) electrons. The number of carbonyl (C=O) groups is 4. The third-order valence-corrected chi connectivity index (χ3v) is 8.86. The van der Waals surface area contributed by atoms with Crippen molar-refractivity contribution in [3.8, 4) is 0 Å². The van der Waals surface area contributed by atoms with Crippen LogP contribution in [0.25, 0.3) is 5.70 Å². The van der Waals surface area contributed by atoms with Crippen molar-refractivity contribution in [2.45, 2.75) is 72.1 Å². The molecule has 5 rings (SSSR count). The van der Waals surface area contributed by atoms with Crippen LogP contribution in [0.3, 0.4) is 0 Å². The second kappa shape index (κ2) is 16.4. The topological polar surface area (TPSA) is 126 Å². The summed E-state index contributed by atoms with van der Waals surface area (Å²) >= 11 is 0.